The van der Waals surface area contributed by atoms with Gasteiger partial charge >= 0.3 is 0 Å². The van der Waals surface area contributed by atoms with Gasteiger partial charge in [-0.05, 0) is 42.9 Å². The van der Waals surface area contributed by atoms with Gasteiger partial charge in [-0.2, -0.15) is 0 Å². The zero-order chi connectivity index (χ0) is 15.1. The first-order valence-electron chi connectivity index (χ1n) is 8.27. The van der Waals surface area contributed by atoms with Gasteiger partial charge in [0.1, 0.15) is 0 Å². The van der Waals surface area contributed by atoms with Crippen LogP contribution in [0.15, 0.2) is 22.7 Å². The van der Waals surface area contributed by atoms with Crippen LogP contribution in [0.4, 0.5) is 4.39 Å². The summed E-state index contributed by atoms with van der Waals surface area (Å²) in [5.74, 6) is 1.61. The predicted molar refractivity (Wildman–Crippen MR) is 89.2 cm³/mol. The van der Waals surface area contributed by atoms with Crippen LogP contribution in [0.1, 0.15) is 58.3 Å². The average molecular weight is 357 g/mol. The highest BCUT2D eigenvalue weighted by molar-refractivity contribution is 9.10. The molecule has 21 heavy (non-hydrogen) atoms. The Hall–Kier alpha value is -0.570. The molecule has 0 heterocycles. The first-order chi connectivity index (χ1) is 10.2. The zero-order valence-electron chi connectivity index (χ0n) is 12.9. The maximum Gasteiger partial charge on any atom is 0.166 e. The smallest absolute Gasteiger partial charge is 0.166 e. The van der Waals surface area contributed by atoms with Crippen LogP contribution in [-0.4, -0.2) is 6.61 Å². The minimum absolute atomic E-state index is 0.280. The molecule has 0 N–H and O–H groups in total. The molecule has 2 rings (SSSR count). The molecule has 1 aliphatic rings. The van der Waals surface area contributed by atoms with Gasteiger partial charge in [-0.25, -0.2) is 4.39 Å². The molecule has 0 spiro atoms. The molecule has 0 amide bonds. The van der Waals surface area contributed by atoms with Gasteiger partial charge < -0.3 is 4.74 Å². The third-order valence-corrected chi connectivity index (χ3v) is 5.04. The highest BCUT2D eigenvalue weighted by Gasteiger charge is 2.21. The Balaban J connectivity index is 1.69. The van der Waals surface area contributed by atoms with E-state index < -0.39 is 0 Å². The van der Waals surface area contributed by atoms with E-state index in [1.54, 1.807) is 6.07 Å². The monoisotopic (exact) mass is 356 g/mol. The number of unbranched alkanes of at least 4 members (excludes halogenated alkanes) is 2. The molecule has 1 saturated carbocycles. The molecule has 0 aliphatic heterocycles. The summed E-state index contributed by atoms with van der Waals surface area (Å²) in [6, 6.07) is 4.98. The Kier molecular flexibility index (Phi) is 7.01. The number of rotatable bonds is 7. The highest BCUT2D eigenvalue weighted by Crippen LogP contribution is 2.32. The van der Waals surface area contributed by atoms with Crippen molar-refractivity contribution in [3.63, 3.8) is 0 Å². The second-order valence-corrected chi connectivity index (χ2v) is 7.18. The van der Waals surface area contributed by atoms with Gasteiger partial charge in [0.2, 0.25) is 0 Å². The van der Waals surface area contributed by atoms with Gasteiger partial charge in [0.25, 0.3) is 0 Å². The minimum atomic E-state index is -0.280. The lowest BCUT2D eigenvalue weighted by Gasteiger charge is -2.28. The second kappa shape index (κ2) is 8.77. The molecular formula is C18H26BrFO. The minimum Gasteiger partial charge on any atom is -0.490 e. The van der Waals surface area contributed by atoms with Gasteiger partial charge in [-0.1, -0.05) is 61.4 Å². The van der Waals surface area contributed by atoms with Crippen molar-refractivity contribution in [2.75, 3.05) is 6.61 Å². The van der Waals surface area contributed by atoms with E-state index in [1.165, 1.54) is 57.4 Å². The highest BCUT2D eigenvalue weighted by atomic mass is 79.9. The first kappa shape index (κ1) is 16.8. The van der Waals surface area contributed by atoms with E-state index in [2.05, 4.69) is 22.9 Å². The van der Waals surface area contributed by atoms with E-state index in [0.717, 1.165) is 10.4 Å². The number of hydrogen-bond acceptors (Lipinski definition) is 1. The normalized spacial score (nSPS) is 22.2. The van der Waals surface area contributed by atoms with E-state index in [0.29, 0.717) is 18.3 Å². The Morgan fingerprint density at radius 2 is 1.86 bits per heavy atom. The molecule has 1 aromatic carbocycles. The van der Waals surface area contributed by atoms with E-state index in [4.69, 9.17) is 4.74 Å². The molecule has 118 valence electrons. The van der Waals surface area contributed by atoms with E-state index in [-0.39, 0.29) is 5.82 Å². The lowest BCUT2D eigenvalue weighted by atomic mass is 9.80. The van der Waals surface area contributed by atoms with Crippen LogP contribution < -0.4 is 4.74 Å². The number of benzene rings is 1. The Bertz CT molecular complexity index is 427. The third kappa shape index (κ3) is 5.61. The quantitative estimate of drug-likeness (QED) is 0.516. The summed E-state index contributed by atoms with van der Waals surface area (Å²) in [6.07, 6.45) is 10.5. The summed E-state index contributed by atoms with van der Waals surface area (Å²) in [5, 5.41) is 0. The van der Waals surface area contributed by atoms with Crippen LogP contribution in [0.25, 0.3) is 0 Å². The molecule has 0 saturated heterocycles. The summed E-state index contributed by atoms with van der Waals surface area (Å²) in [5.41, 5.74) is 0. The summed E-state index contributed by atoms with van der Waals surface area (Å²) in [7, 11) is 0. The predicted octanol–water partition coefficient (Wildman–Crippen LogP) is 6.35. The van der Waals surface area contributed by atoms with Gasteiger partial charge in [0.15, 0.2) is 11.6 Å². The van der Waals surface area contributed by atoms with Crippen molar-refractivity contribution in [2.24, 2.45) is 11.8 Å². The lowest BCUT2D eigenvalue weighted by molar-refractivity contribution is 0.173. The summed E-state index contributed by atoms with van der Waals surface area (Å²) in [6.45, 7) is 2.91. The lowest BCUT2D eigenvalue weighted by Crippen LogP contribution is -2.20. The van der Waals surface area contributed by atoms with Crippen molar-refractivity contribution in [3.8, 4) is 5.75 Å². The molecule has 1 aromatic rings. The standard InChI is InChI=1S/C18H26BrFO/c1-2-3-4-5-14-6-8-15(9-7-14)13-21-18-11-10-16(19)12-17(18)20/h10-12,14-15H,2-9,13H2,1H3/t14-,15-. The van der Waals surface area contributed by atoms with Crippen molar-refractivity contribution in [3.05, 3.63) is 28.5 Å². The van der Waals surface area contributed by atoms with Crippen molar-refractivity contribution in [1.29, 1.82) is 0 Å². The molecule has 0 bridgehead atoms. The Labute approximate surface area is 136 Å². The van der Waals surface area contributed by atoms with Crippen LogP contribution in [0.3, 0.4) is 0 Å². The fraction of sp³-hybridized carbons (Fsp3) is 0.667. The number of hydrogen-bond donors (Lipinski definition) is 0. The molecule has 0 unspecified atom stereocenters. The number of ether oxygens (including phenoxy) is 1. The van der Waals surface area contributed by atoms with Crippen LogP contribution in [-0.2, 0) is 0 Å². The fourth-order valence-electron chi connectivity index (χ4n) is 3.17. The van der Waals surface area contributed by atoms with Crippen molar-refractivity contribution in [1.82, 2.24) is 0 Å². The summed E-state index contributed by atoms with van der Waals surface area (Å²) >= 11 is 3.26. The molecular weight excluding hydrogens is 331 g/mol. The van der Waals surface area contributed by atoms with Gasteiger partial charge in [0.05, 0.1) is 6.61 Å². The largest absolute Gasteiger partial charge is 0.490 e. The van der Waals surface area contributed by atoms with Crippen LogP contribution in [0.2, 0.25) is 0 Å². The van der Waals surface area contributed by atoms with Gasteiger partial charge in [-0.15, -0.1) is 0 Å². The van der Waals surface area contributed by atoms with Gasteiger partial charge in [-0.3, -0.25) is 0 Å². The molecule has 0 radical (unpaired) electrons. The maximum absolute atomic E-state index is 13.7. The summed E-state index contributed by atoms with van der Waals surface area (Å²) < 4.78 is 20.1. The van der Waals surface area contributed by atoms with E-state index in [9.17, 15) is 4.39 Å². The summed E-state index contributed by atoms with van der Waals surface area (Å²) in [4.78, 5) is 0. The van der Waals surface area contributed by atoms with Crippen molar-refractivity contribution < 1.29 is 9.13 Å². The molecule has 0 aromatic heterocycles. The van der Waals surface area contributed by atoms with Crippen molar-refractivity contribution in [2.45, 2.75) is 58.3 Å². The van der Waals surface area contributed by atoms with E-state index in [1.807, 2.05) is 6.07 Å². The molecule has 3 heteroatoms. The molecule has 1 fully saturated rings. The van der Waals surface area contributed by atoms with Gasteiger partial charge in [0, 0.05) is 4.47 Å². The number of halogens is 2. The van der Waals surface area contributed by atoms with Crippen molar-refractivity contribution >= 4 is 15.9 Å². The fourth-order valence-corrected chi connectivity index (χ4v) is 3.50. The third-order valence-electron chi connectivity index (χ3n) is 4.55. The molecule has 0 atom stereocenters. The topological polar surface area (TPSA) is 9.23 Å². The van der Waals surface area contributed by atoms with E-state index >= 15 is 0 Å². The maximum atomic E-state index is 13.7. The van der Waals surface area contributed by atoms with Crippen LogP contribution in [0, 0.1) is 17.7 Å². The average Bonchev–Trinajstić information content (AvgIpc) is 2.48. The zero-order valence-corrected chi connectivity index (χ0v) is 14.5. The molecule has 1 aliphatic carbocycles. The SMILES string of the molecule is CCCCC[C@H]1CC[C@H](COc2ccc(Br)cc2F)CC1. The first-order valence-corrected chi connectivity index (χ1v) is 9.06. The molecule has 1 nitrogen and oxygen atoms in total. The second-order valence-electron chi connectivity index (χ2n) is 6.27. The Morgan fingerprint density at radius 1 is 1.14 bits per heavy atom. The van der Waals surface area contributed by atoms with Crippen LogP contribution in [0.5, 0.6) is 5.75 Å². The Morgan fingerprint density at radius 3 is 2.52 bits per heavy atom. The van der Waals surface area contributed by atoms with Crippen LogP contribution >= 0.6 is 15.9 Å².